The number of anilines is 2. The molecule has 1 aliphatic heterocycles. The van der Waals surface area contributed by atoms with E-state index in [0.29, 0.717) is 11.1 Å². The molecule has 2 unspecified atom stereocenters. The van der Waals surface area contributed by atoms with Gasteiger partial charge in [-0.3, -0.25) is 34.7 Å². The van der Waals surface area contributed by atoms with Crippen LogP contribution in [0.2, 0.25) is 0 Å². The van der Waals surface area contributed by atoms with Crippen LogP contribution in [0.1, 0.15) is 12.1 Å². The van der Waals surface area contributed by atoms with Crippen LogP contribution >= 0.6 is 0 Å². The highest BCUT2D eigenvalue weighted by Gasteiger charge is 2.40. The van der Waals surface area contributed by atoms with E-state index in [1.165, 1.54) is 18.2 Å². The van der Waals surface area contributed by atoms with Gasteiger partial charge in [0.1, 0.15) is 13.7 Å². The van der Waals surface area contributed by atoms with Crippen molar-refractivity contribution in [3.8, 4) is 0 Å². The van der Waals surface area contributed by atoms with Gasteiger partial charge in [-0.1, -0.05) is 5.46 Å². The number of nitrogens with zero attached hydrogens (tertiary/aromatic N) is 2. The molecule has 12 nitrogen and oxygen atoms in total. The number of benzene rings is 1. The molecule has 2 atom stereocenters. The zero-order valence-electron chi connectivity index (χ0n) is 19.5. The second kappa shape index (κ2) is 11.7. The van der Waals surface area contributed by atoms with Crippen LogP contribution in [0.15, 0.2) is 53.4 Å². The molecule has 0 spiro atoms. The molecule has 2 aromatic rings. The molecule has 1 aromatic carbocycles. The van der Waals surface area contributed by atoms with Crippen molar-refractivity contribution < 1.29 is 32.6 Å². The van der Waals surface area contributed by atoms with E-state index in [9.17, 15) is 32.7 Å². The molecule has 1 saturated heterocycles. The Morgan fingerprint density at radius 2 is 1.92 bits per heavy atom. The molecule has 38 heavy (non-hydrogen) atoms. The average molecular weight is 531 g/mol. The fourth-order valence-corrected chi connectivity index (χ4v) is 3.38. The molecule has 3 rings (SSSR count). The van der Waals surface area contributed by atoms with Crippen molar-refractivity contribution >= 4 is 48.2 Å². The first-order valence-electron chi connectivity index (χ1n) is 10.8. The highest BCUT2D eigenvalue weighted by molar-refractivity contribution is 6.37. The number of nitrogens with two attached hydrogens (primary N) is 1. The van der Waals surface area contributed by atoms with E-state index in [-0.39, 0.29) is 46.0 Å². The number of nitrogens with one attached hydrogen (secondary N) is 4. The number of morpholine rings is 1. The van der Waals surface area contributed by atoms with E-state index in [0.717, 1.165) is 18.3 Å². The number of hydrogen-bond acceptors (Lipinski definition) is 8. The smallest absolute Gasteiger partial charge is 0.321 e. The van der Waals surface area contributed by atoms with E-state index < -0.39 is 47.8 Å². The van der Waals surface area contributed by atoms with E-state index >= 15 is 0 Å². The number of aliphatic hydroxyl groups excluding tert-OH is 1. The summed E-state index contributed by atoms with van der Waals surface area (Å²) >= 11 is 0. The minimum Gasteiger partial charge on any atom is -0.384 e. The Kier molecular flexibility index (Phi) is 8.70. The number of aromatic nitrogens is 1. The SMILES string of the molecule is [B]c1cc(NC(=O)C(O)C2OCCN(C(=N)/C(F)=C\Nc3ccc(=O)n(C(F)F)c3)C2=O)ccc1C(=N)N. The van der Waals surface area contributed by atoms with Crippen LogP contribution in [0, 0.1) is 10.8 Å². The van der Waals surface area contributed by atoms with Crippen molar-refractivity contribution in [1.29, 1.82) is 10.8 Å². The summed E-state index contributed by atoms with van der Waals surface area (Å²) in [6.45, 7) is -3.65. The molecule has 0 aliphatic carbocycles. The number of amidine groups is 2. The van der Waals surface area contributed by atoms with Crippen molar-refractivity contribution in [2.45, 2.75) is 18.8 Å². The Hall–Kier alpha value is -4.44. The summed E-state index contributed by atoms with van der Waals surface area (Å²) < 4.78 is 45.6. The van der Waals surface area contributed by atoms with E-state index in [1.54, 1.807) is 0 Å². The standard InChI is InChI=1S/C22H21BF3N7O5/c23-13-7-10(1-3-12(13)18(27)28)31-20(36)16(35)17-21(37)32(5-6-38-17)19(29)14(24)8-30-11-2-4-15(34)33(9-11)22(25)26/h1-4,7-9,16-17,22,29-30,35H,5-6H2,(H3,27,28)(H,31,36)/b14-8+,29-19?. The zero-order chi connectivity index (χ0) is 28.1. The lowest BCUT2D eigenvalue weighted by atomic mass is 9.89. The average Bonchev–Trinajstić information content (AvgIpc) is 2.87. The predicted molar refractivity (Wildman–Crippen MR) is 131 cm³/mol. The highest BCUT2D eigenvalue weighted by atomic mass is 19.3. The third-order valence-electron chi connectivity index (χ3n) is 5.30. The summed E-state index contributed by atoms with van der Waals surface area (Å²) in [6, 6.07) is 5.97. The van der Waals surface area contributed by atoms with Gasteiger partial charge in [0.2, 0.25) is 0 Å². The third kappa shape index (κ3) is 6.27. The summed E-state index contributed by atoms with van der Waals surface area (Å²) in [7, 11) is 5.77. The summed E-state index contributed by atoms with van der Waals surface area (Å²) in [4.78, 5) is 37.3. The number of carbonyl (C=O) groups is 2. The quantitative estimate of drug-likeness (QED) is 0.154. The lowest BCUT2D eigenvalue weighted by molar-refractivity contribution is -0.161. The molecule has 7 N–H and O–H groups in total. The molecule has 16 heteroatoms. The first kappa shape index (κ1) is 28.1. The fourth-order valence-electron chi connectivity index (χ4n) is 3.38. The Bertz CT molecular complexity index is 1370. The van der Waals surface area contributed by atoms with Gasteiger partial charge in [-0.05, 0) is 24.3 Å². The first-order chi connectivity index (χ1) is 17.9. The number of carbonyl (C=O) groups excluding carboxylic acids is 2. The van der Waals surface area contributed by atoms with Crippen molar-refractivity contribution in [3.05, 3.63) is 64.5 Å². The topological polar surface area (TPSA) is 187 Å². The number of rotatable bonds is 8. The van der Waals surface area contributed by atoms with Gasteiger partial charge in [-0.25, -0.2) is 4.39 Å². The molecule has 1 fully saturated rings. The van der Waals surface area contributed by atoms with E-state index in [4.69, 9.17) is 29.1 Å². The van der Waals surface area contributed by atoms with Gasteiger partial charge in [-0.15, -0.1) is 0 Å². The number of ether oxygens (including phenoxy) is 1. The molecule has 198 valence electrons. The fraction of sp³-hybridized carbons (Fsp3) is 0.227. The summed E-state index contributed by atoms with van der Waals surface area (Å²) in [5.74, 6) is -4.66. The Morgan fingerprint density at radius 1 is 1.24 bits per heavy atom. The summed E-state index contributed by atoms with van der Waals surface area (Å²) in [6.07, 6.45) is -2.46. The van der Waals surface area contributed by atoms with Gasteiger partial charge in [0, 0.05) is 29.7 Å². The molecular formula is C22H21BF3N7O5. The van der Waals surface area contributed by atoms with Crippen LogP contribution in [0.5, 0.6) is 0 Å². The van der Waals surface area contributed by atoms with Crippen molar-refractivity contribution in [2.24, 2.45) is 5.73 Å². The van der Waals surface area contributed by atoms with E-state index in [2.05, 4.69) is 10.6 Å². The number of hydrogen-bond donors (Lipinski definition) is 6. The maximum absolute atomic E-state index is 14.6. The molecule has 2 radical (unpaired) electrons. The van der Waals surface area contributed by atoms with Gasteiger partial charge in [-0.2, -0.15) is 8.78 Å². The number of alkyl halides is 2. The van der Waals surface area contributed by atoms with Crippen LogP contribution in [0.4, 0.5) is 24.5 Å². The van der Waals surface area contributed by atoms with E-state index in [1.807, 2.05) is 0 Å². The molecule has 2 amide bonds. The predicted octanol–water partition coefficient (Wildman–Crippen LogP) is -0.252. The Morgan fingerprint density at radius 3 is 2.55 bits per heavy atom. The van der Waals surface area contributed by atoms with Gasteiger partial charge in [0.15, 0.2) is 23.9 Å². The van der Waals surface area contributed by atoms with Gasteiger partial charge < -0.3 is 26.2 Å². The Labute approximate surface area is 214 Å². The van der Waals surface area contributed by atoms with Crippen LogP contribution in [-0.2, 0) is 14.3 Å². The summed E-state index contributed by atoms with van der Waals surface area (Å²) in [5.41, 5.74) is 4.74. The molecule has 0 saturated carbocycles. The van der Waals surface area contributed by atoms with Gasteiger partial charge in [0.05, 0.1) is 18.8 Å². The van der Waals surface area contributed by atoms with Crippen molar-refractivity contribution in [3.63, 3.8) is 0 Å². The minimum absolute atomic E-state index is 0.0817. The minimum atomic E-state index is -3.12. The normalized spacial score (nSPS) is 16.8. The maximum atomic E-state index is 14.6. The third-order valence-corrected chi connectivity index (χ3v) is 5.30. The number of nitrogen functional groups attached to an aromatic ring is 1. The number of aliphatic hydroxyl groups is 1. The zero-order valence-corrected chi connectivity index (χ0v) is 19.5. The number of pyridine rings is 1. The van der Waals surface area contributed by atoms with Gasteiger partial charge >= 0.3 is 6.55 Å². The van der Waals surface area contributed by atoms with Crippen LogP contribution in [-0.4, -0.2) is 71.3 Å². The second-order valence-electron chi connectivity index (χ2n) is 7.86. The summed E-state index contributed by atoms with van der Waals surface area (Å²) in [5, 5.41) is 30.5. The molecule has 2 heterocycles. The molecule has 0 bridgehead atoms. The molecular weight excluding hydrogens is 510 g/mol. The largest absolute Gasteiger partial charge is 0.384 e. The maximum Gasteiger partial charge on any atom is 0.321 e. The highest BCUT2D eigenvalue weighted by Crippen LogP contribution is 2.18. The molecule has 1 aliphatic rings. The first-order valence-corrected chi connectivity index (χ1v) is 10.8. The van der Waals surface area contributed by atoms with Gasteiger partial charge in [0.25, 0.3) is 17.4 Å². The number of halogens is 3. The molecule has 1 aromatic heterocycles. The number of amides is 2. The lowest BCUT2D eigenvalue weighted by Crippen LogP contribution is -2.56. The Balaban J connectivity index is 1.68. The lowest BCUT2D eigenvalue weighted by Gasteiger charge is -2.33. The second-order valence-corrected chi connectivity index (χ2v) is 7.86. The van der Waals surface area contributed by atoms with Crippen LogP contribution in [0.25, 0.3) is 0 Å². The van der Waals surface area contributed by atoms with Crippen molar-refractivity contribution in [1.82, 2.24) is 9.47 Å². The van der Waals surface area contributed by atoms with Crippen molar-refractivity contribution in [2.75, 3.05) is 23.8 Å². The van der Waals surface area contributed by atoms with Crippen LogP contribution < -0.4 is 27.4 Å². The van der Waals surface area contributed by atoms with Crippen LogP contribution in [0.3, 0.4) is 0 Å². The monoisotopic (exact) mass is 531 g/mol.